The fraction of sp³-hybridized carbons (Fsp3) is 1.00. The number of aliphatic hydroxyl groups is 2. The Morgan fingerprint density at radius 2 is 1.55 bits per heavy atom. The summed E-state index contributed by atoms with van der Waals surface area (Å²) in [5.74, 6) is 0. The lowest BCUT2D eigenvalue weighted by Gasteiger charge is -2.15. The summed E-state index contributed by atoms with van der Waals surface area (Å²) in [6.45, 7) is 7.04. The predicted octanol–water partition coefficient (Wildman–Crippen LogP) is -0.432. The fourth-order valence-electron chi connectivity index (χ4n) is 0.433. The molecule has 4 heteroatoms. The third kappa shape index (κ3) is 25.7. The average molecular weight is 162 g/mol. The van der Waals surface area contributed by atoms with E-state index in [0.717, 1.165) is 6.61 Å². The first kappa shape index (κ1) is 13.5. The Morgan fingerprint density at radius 3 is 1.55 bits per heavy atom. The summed E-state index contributed by atoms with van der Waals surface area (Å²) >= 11 is 0. The molecule has 0 bridgehead atoms. The Labute approximate surface area is 69.8 Å². The molecular weight excluding hydrogens is 143 g/mol. The molecule has 3 nitrogen and oxygen atoms in total. The van der Waals surface area contributed by atoms with Crippen LogP contribution < -0.4 is 0 Å². The highest BCUT2D eigenvalue weighted by atomic mass is 16.4. The van der Waals surface area contributed by atoms with Gasteiger partial charge in [-0.2, -0.15) is 0 Å². The topological polar surface area (TPSA) is 49.7 Å². The molecule has 68 valence electrons. The second kappa shape index (κ2) is 8.05. The van der Waals surface area contributed by atoms with Gasteiger partial charge < -0.3 is 14.9 Å². The van der Waals surface area contributed by atoms with Crippen LogP contribution >= 0.6 is 0 Å². The minimum atomic E-state index is -0.125. The van der Waals surface area contributed by atoms with Gasteiger partial charge >= 0.3 is 0 Å². The largest absolute Gasteiger partial charge is 0.443 e. The van der Waals surface area contributed by atoms with Gasteiger partial charge in [0, 0.05) is 6.61 Å². The first-order chi connectivity index (χ1) is 4.97. The minimum Gasteiger partial charge on any atom is -0.443 e. The van der Waals surface area contributed by atoms with E-state index in [1.807, 2.05) is 0 Å². The summed E-state index contributed by atoms with van der Waals surface area (Å²) in [6, 6.07) is 0. The van der Waals surface area contributed by atoms with Crippen molar-refractivity contribution < 1.29 is 14.9 Å². The van der Waals surface area contributed by atoms with Crippen LogP contribution in [0.1, 0.15) is 20.8 Å². The molecule has 0 aliphatic carbocycles. The van der Waals surface area contributed by atoms with Gasteiger partial charge in [0.05, 0.1) is 13.2 Å². The lowest BCUT2D eigenvalue weighted by molar-refractivity contribution is 0.186. The summed E-state index contributed by atoms with van der Waals surface area (Å²) in [5, 5.41) is 15.2. The highest BCUT2D eigenvalue weighted by Crippen LogP contribution is 2.11. The fourth-order valence-corrected chi connectivity index (χ4v) is 0.433. The maximum Gasteiger partial charge on any atom is 0.257 e. The van der Waals surface area contributed by atoms with Crippen molar-refractivity contribution in [1.82, 2.24) is 0 Å². The Bertz CT molecular complexity index is 68.6. The SMILES string of the molecule is BOCC(C)(C)C.OCCO. The number of aliphatic hydroxyl groups excluding tert-OH is 2. The molecule has 0 amide bonds. The highest BCUT2D eigenvalue weighted by Gasteiger charge is 2.06. The molecule has 0 atom stereocenters. The molecule has 0 saturated heterocycles. The lowest BCUT2D eigenvalue weighted by atomic mass is 9.98. The van der Waals surface area contributed by atoms with Gasteiger partial charge in [0.2, 0.25) is 0 Å². The van der Waals surface area contributed by atoms with E-state index in [1.54, 1.807) is 8.05 Å². The summed E-state index contributed by atoms with van der Waals surface area (Å²) in [7, 11) is 1.73. The van der Waals surface area contributed by atoms with Crippen molar-refractivity contribution in [2.75, 3.05) is 19.8 Å². The predicted molar refractivity (Wildman–Crippen MR) is 48.1 cm³/mol. The molecule has 0 aliphatic heterocycles. The monoisotopic (exact) mass is 162 g/mol. The molecule has 0 fully saturated rings. The van der Waals surface area contributed by atoms with Gasteiger partial charge in [0.15, 0.2) is 0 Å². The van der Waals surface area contributed by atoms with Gasteiger partial charge in [0.1, 0.15) is 0 Å². The smallest absolute Gasteiger partial charge is 0.257 e. The molecule has 0 saturated carbocycles. The van der Waals surface area contributed by atoms with Crippen LogP contribution in [0.25, 0.3) is 0 Å². The Balaban J connectivity index is 0. The molecule has 11 heavy (non-hydrogen) atoms. The normalized spacial score (nSPS) is 10.3. The molecular formula is C7H19BO3. The number of rotatable bonds is 2. The maximum atomic E-state index is 7.62. The zero-order valence-electron chi connectivity index (χ0n) is 7.92. The standard InChI is InChI=1S/C5H13BO.C2H6O2/c1-5(2,3)4-7-6;3-1-2-4/h4,6H2,1-3H3;3-4H,1-2H2. The second-order valence-corrected chi connectivity index (χ2v) is 3.44. The van der Waals surface area contributed by atoms with Gasteiger partial charge in [0.25, 0.3) is 8.05 Å². The van der Waals surface area contributed by atoms with Crippen LogP contribution in [0.2, 0.25) is 0 Å². The van der Waals surface area contributed by atoms with Crippen molar-refractivity contribution in [2.45, 2.75) is 20.8 Å². The highest BCUT2D eigenvalue weighted by molar-refractivity contribution is 5.97. The van der Waals surface area contributed by atoms with Crippen LogP contribution in [0.4, 0.5) is 0 Å². The zero-order chi connectivity index (χ0) is 9.33. The van der Waals surface area contributed by atoms with Crippen molar-refractivity contribution in [2.24, 2.45) is 5.41 Å². The van der Waals surface area contributed by atoms with Gasteiger partial charge in [-0.3, -0.25) is 0 Å². The molecule has 0 unspecified atom stereocenters. The summed E-state index contributed by atoms with van der Waals surface area (Å²) in [5.41, 5.74) is 0.328. The van der Waals surface area contributed by atoms with Gasteiger partial charge in [-0.25, -0.2) is 0 Å². The quantitative estimate of drug-likeness (QED) is 0.541. The number of hydrogen-bond acceptors (Lipinski definition) is 3. The van der Waals surface area contributed by atoms with E-state index >= 15 is 0 Å². The zero-order valence-corrected chi connectivity index (χ0v) is 7.92. The van der Waals surface area contributed by atoms with E-state index < -0.39 is 0 Å². The summed E-state index contributed by atoms with van der Waals surface area (Å²) in [4.78, 5) is 0. The molecule has 0 aromatic heterocycles. The third-order valence-corrected chi connectivity index (χ3v) is 0.677. The van der Waals surface area contributed by atoms with Crippen LogP contribution in [0.15, 0.2) is 0 Å². The van der Waals surface area contributed by atoms with Gasteiger partial charge in [-0.15, -0.1) is 0 Å². The molecule has 0 aromatic rings. The Morgan fingerprint density at radius 1 is 1.18 bits per heavy atom. The van der Waals surface area contributed by atoms with Crippen molar-refractivity contribution in [3.05, 3.63) is 0 Å². The summed E-state index contributed by atoms with van der Waals surface area (Å²) in [6.07, 6.45) is 0. The molecule has 0 rings (SSSR count). The van der Waals surface area contributed by atoms with Gasteiger partial charge in [-0.1, -0.05) is 20.8 Å². The first-order valence-electron chi connectivity index (χ1n) is 3.68. The second-order valence-electron chi connectivity index (χ2n) is 3.44. The van der Waals surface area contributed by atoms with Gasteiger partial charge in [-0.05, 0) is 5.41 Å². The molecule has 0 spiro atoms. The molecule has 0 radical (unpaired) electrons. The van der Waals surface area contributed by atoms with Crippen LogP contribution in [0.5, 0.6) is 0 Å². The molecule has 0 aromatic carbocycles. The molecule has 2 N–H and O–H groups in total. The Kier molecular flexibility index (Phi) is 9.90. The van der Waals surface area contributed by atoms with Crippen molar-refractivity contribution in [3.63, 3.8) is 0 Å². The van der Waals surface area contributed by atoms with Crippen LogP contribution in [-0.4, -0.2) is 38.1 Å². The lowest BCUT2D eigenvalue weighted by Crippen LogP contribution is -2.12. The van der Waals surface area contributed by atoms with E-state index in [2.05, 4.69) is 20.8 Å². The van der Waals surface area contributed by atoms with Crippen molar-refractivity contribution >= 4 is 8.05 Å². The van der Waals surface area contributed by atoms with Crippen LogP contribution in [-0.2, 0) is 4.65 Å². The molecule has 0 aliphatic rings. The number of hydrogen-bond donors (Lipinski definition) is 2. The van der Waals surface area contributed by atoms with Crippen molar-refractivity contribution in [1.29, 1.82) is 0 Å². The summed E-state index contributed by atoms with van der Waals surface area (Å²) < 4.78 is 4.91. The average Bonchev–Trinajstić information content (AvgIpc) is 1.86. The van der Waals surface area contributed by atoms with E-state index in [1.165, 1.54) is 0 Å². The van der Waals surface area contributed by atoms with E-state index in [9.17, 15) is 0 Å². The van der Waals surface area contributed by atoms with Crippen LogP contribution in [0, 0.1) is 5.41 Å². The first-order valence-corrected chi connectivity index (χ1v) is 3.68. The van der Waals surface area contributed by atoms with Crippen molar-refractivity contribution in [3.8, 4) is 0 Å². The maximum absolute atomic E-state index is 7.62. The Hall–Kier alpha value is -0.0551. The molecule has 0 heterocycles. The van der Waals surface area contributed by atoms with E-state index in [-0.39, 0.29) is 13.2 Å². The van der Waals surface area contributed by atoms with E-state index in [0.29, 0.717) is 5.41 Å². The van der Waals surface area contributed by atoms with Crippen LogP contribution in [0.3, 0.4) is 0 Å². The third-order valence-electron chi connectivity index (χ3n) is 0.677. The minimum absolute atomic E-state index is 0.125. The van der Waals surface area contributed by atoms with E-state index in [4.69, 9.17) is 14.9 Å².